The fraction of sp³-hybridized carbons (Fsp3) is 0.600. The third-order valence-corrected chi connectivity index (χ3v) is 1.28. The molecular weight excluding hydrogens is 117 g/mol. The van der Waals surface area contributed by atoms with Crippen molar-refractivity contribution >= 4 is 19.7 Å². The zero-order valence-electron chi connectivity index (χ0n) is 4.89. The molecule has 2 radical (unpaired) electrons. The highest BCUT2D eigenvalue weighted by Crippen LogP contribution is 2.12. The molecule has 0 spiro atoms. The Bertz CT molecular complexity index is 162. The lowest BCUT2D eigenvalue weighted by atomic mass is 9.81. The molecule has 3 nitrogen and oxygen atoms in total. The molecule has 48 valence electrons. The number of hydrogen-bond acceptors (Lipinski definition) is 2. The Morgan fingerprint density at radius 3 is 2.78 bits per heavy atom. The fourth-order valence-corrected chi connectivity index (χ4v) is 0.710. The van der Waals surface area contributed by atoms with Gasteiger partial charge in [0, 0.05) is 13.7 Å². The van der Waals surface area contributed by atoms with Crippen LogP contribution in [0.5, 0.6) is 0 Å². The highest BCUT2D eigenvalue weighted by Gasteiger charge is 2.21. The lowest BCUT2D eigenvalue weighted by molar-refractivity contribution is -0.132. The number of carbonyl (C=O) groups is 2. The van der Waals surface area contributed by atoms with Crippen LogP contribution in [0, 0.1) is 0 Å². The lowest BCUT2D eigenvalue weighted by Crippen LogP contribution is -2.38. The fourth-order valence-electron chi connectivity index (χ4n) is 0.710. The molecule has 9 heavy (non-hydrogen) atoms. The molecule has 0 aromatic carbocycles. The summed E-state index contributed by atoms with van der Waals surface area (Å²) in [5.41, 5.74) is 0. The van der Waals surface area contributed by atoms with Gasteiger partial charge in [0.2, 0.25) is 11.8 Å². The molecule has 0 aliphatic carbocycles. The van der Waals surface area contributed by atoms with Crippen molar-refractivity contribution in [2.45, 2.75) is 18.7 Å². The Labute approximate surface area is 55.7 Å². The average Bonchev–Trinajstić information content (AvgIpc) is 1.80. The van der Waals surface area contributed by atoms with E-state index in [0.717, 1.165) is 0 Å². The van der Waals surface area contributed by atoms with Gasteiger partial charge in [0.05, 0.1) is 7.85 Å². The maximum absolute atomic E-state index is 10.5. The Balaban J connectivity index is 0.000000810. The number of nitrogens with one attached hydrogen (secondary N) is 1. The van der Waals surface area contributed by atoms with Crippen molar-refractivity contribution in [3.05, 3.63) is 0 Å². The van der Waals surface area contributed by atoms with Gasteiger partial charge in [-0.1, -0.05) is 0 Å². The summed E-state index contributed by atoms with van der Waals surface area (Å²) in [6.07, 6.45) is 0.845. The molecule has 0 saturated carbocycles. The van der Waals surface area contributed by atoms with Crippen LogP contribution in [0.4, 0.5) is 0 Å². The number of hydrogen-bond donors (Lipinski definition) is 1. The van der Waals surface area contributed by atoms with E-state index < -0.39 is 5.82 Å². The predicted octanol–water partition coefficient (Wildman–Crippen LogP) is -0.374. The largest absolute Gasteiger partial charge is 0.297 e. The van der Waals surface area contributed by atoms with Crippen LogP contribution >= 0.6 is 0 Å². The first-order valence-electron chi connectivity index (χ1n) is 2.79. The Kier molecular flexibility index (Phi) is 1.55. The predicted molar refractivity (Wildman–Crippen MR) is 34.0 cm³/mol. The first-order valence-corrected chi connectivity index (χ1v) is 2.79. The normalized spacial score (nSPS) is 27.8. The Hall–Kier alpha value is -0.795. The van der Waals surface area contributed by atoms with Gasteiger partial charge in [-0.3, -0.25) is 14.9 Å². The van der Waals surface area contributed by atoms with Gasteiger partial charge in [-0.2, -0.15) is 0 Å². The third-order valence-electron chi connectivity index (χ3n) is 1.28. The highest BCUT2D eigenvalue weighted by molar-refractivity contribution is 6.26. The maximum atomic E-state index is 10.5. The molecule has 1 aliphatic heterocycles. The molecule has 1 atom stereocenters. The van der Waals surface area contributed by atoms with E-state index in [9.17, 15) is 9.59 Å². The molecule has 1 aliphatic rings. The second-order valence-corrected chi connectivity index (χ2v) is 2.06. The van der Waals surface area contributed by atoms with Gasteiger partial charge >= 0.3 is 0 Å². The van der Waals surface area contributed by atoms with Gasteiger partial charge in [0.1, 0.15) is 0 Å². The monoisotopic (exact) mass is 125 g/mol. The molecule has 1 N–H and O–H groups in total. The standard InChI is InChI=1S/C5H6BNO2.H2/c6-3-1-2-4(8)7-5(3)9;/h3H,1-2H2,(H,7,8,9);1H. The van der Waals surface area contributed by atoms with Crippen molar-refractivity contribution in [1.29, 1.82) is 0 Å². The van der Waals surface area contributed by atoms with Crippen molar-refractivity contribution in [3.8, 4) is 0 Å². The molecule has 1 saturated heterocycles. The minimum Gasteiger partial charge on any atom is -0.297 e. The van der Waals surface area contributed by atoms with Crippen LogP contribution in [0.25, 0.3) is 0 Å². The number of amides is 2. The molecular formula is C5H8BNO2. The third kappa shape index (κ3) is 1.31. The van der Waals surface area contributed by atoms with Crippen LogP contribution in [0.15, 0.2) is 0 Å². The summed E-state index contributed by atoms with van der Waals surface area (Å²) in [7, 11) is 5.28. The number of rotatable bonds is 0. The van der Waals surface area contributed by atoms with Crippen LogP contribution in [0.2, 0.25) is 5.82 Å². The van der Waals surface area contributed by atoms with Crippen LogP contribution in [-0.2, 0) is 9.59 Å². The van der Waals surface area contributed by atoms with E-state index in [1.807, 2.05) is 0 Å². The minimum absolute atomic E-state index is 0. The molecule has 1 heterocycles. The smallest absolute Gasteiger partial charge is 0.226 e. The van der Waals surface area contributed by atoms with Crippen molar-refractivity contribution in [2.75, 3.05) is 0 Å². The highest BCUT2D eigenvalue weighted by atomic mass is 16.2. The molecule has 1 fully saturated rings. The van der Waals surface area contributed by atoms with Gasteiger partial charge < -0.3 is 0 Å². The first kappa shape index (κ1) is 6.33. The van der Waals surface area contributed by atoms with Gasteiger partial charge in [0.15, 0.2) is 0 Å². The first-order chi connectivity index (χ1) is 4.20. The van der Waals surface area contributed by atoms with Crippen LogP contribution in [0.3, 0.4) is 0 Å². The van der Waals surface area contributed by atoms with Gasteiger partial charge in [-0.15, -0.1) is 0 Å². The van der Waals surface area contributed by atoms with Crippen LogP contribution < -0.4 is 5.32 Å². The average molecular weight is 125 g/mol. The molecule has 1 unspecified atom stereocenters. The van der Waals surface area contributed by atoms with E-state index in [0.29, 0.717) is 12.8 Å². The summed E-state index contributed by atoms with van der Waals surface area (Å²) >= 11 is 0. The summed E-state index contributed by atoms with van der Waals surface area (Å²) in [4.78, 5) is 21.0. The SMILES string of the molecule is [B]C1CCC(=O)NC1=O.[HH]. The number of imide groups is 1. The molecule has 4 heteroatoms. The van der Waals surface area contributed by atoms with E-state index in [-0.39, 0.29) is 13.2 Å². The van der Waals surface area contributed by atoms with Crippen LogP contribution in [0.1, 0.15) is 14.3 Å². The van der Waals surface area contributed by atoms with E-state index in [1.165, 1.54) is 0 Å². The summed E-state index contributed by atoms with van der Waals surface area (Å²) in [6, 6.07) is 0. The van der Waals surface area contributed by atoms with Crippen LogP contribution in [-0.4, -0.2) is 19.7 Å². The Morgan fingerprint density at radius 1 is 1.67 bits per heavy atom. The zero-order chi connectivity index (χ0) is 6.85. The Morgan fingerprint density at radius 2 is 2.33 bits per heavy atom. The lowest BCUT2D eigenvalue weighted by Gasteiger charge is -2.16. The maximum Gasteiger partial charge on any atom is 0.226 e. The topological polar surface area (TPSA) is 46.2 Å². The molecule has 2 amide bonds. The molecule has 0 aromatic rings. The summed E-state index contributed by atoms with van der Waals surface area (Å²) < 4.78 is 0. The molecule has 0 bridgehead atoms. The van der Waals surface area contributed by atoms with Gasteiger partial charge in [0.25, 0.3) is 0 Å². The zero-order valence-corrected chi connectivity index (χ0v) is 4.89. The van der Waals surface area contributed by atoms with Gasteiger partial charge in [-0.05, 0) is 6.42 Å². The summed E-state index contributed by atoms with van der Waals surface area (Å²) in [5.74, 6) is -1.06. The van der Waals surface area contributed by atoms with E-state index in [2.05, 4.69) is 5.32 Å². The summed E-state index contributed by atoms with van der Waals surface area (Å²) in [5, 5.41) is 2.13. The number of carbonyl (C=O) groups excluding carboxylic acids is 2. The van der Waals surface area contributed by atoms with Crippen molar-refractivity contribution in [2.24, 2.45) is 0 Å². The quantitative estimate of drug-likeness (QED) is 0.354. The second-order valence-electron chi connectivity index (χ2n) is 2.06. The van der Waals surface area contributed by atoms with E-state index in [1.54, 1.807) is 0 Å². The van der Waals surface area contributed by atoms with Gasteiger partial charge in [-0.25, -0.2) is 0 Å². The number of piperidine rings is 1. The molecule has 0 aromatic heterocycles. The van der Waals surface area contributed by atoms with Crippen molar-refractivity contribution < 1.29 is 11.0 Å². The minimum atomic E-state index is -0.484. The van der Waals surface area contributed by atoms with E-state index in [4.69, 9.17) is 7.85 Å². The second kappa shape index (κ2) is 2.21. The molecule has 1 rings (SSSR count). The van der Waals surface area contributed by atoms with E-state index >= 15 is 0 Å². The van der Waals surface area contributed by atoms with Crippen molar-refractivity contribution in [3.63, 3.8) is 0 Å². The summed E-state index contributed by atoms with van der Waals surface area (Å²) in [6.45, 7) is 0. The van der Waals surface area contributed by atoms with Crippen molar-refractivity contribution in [1.82, 2.24) is 5.32 Å².